The molecule has 1 heterocycles. The number of rotatable bonds is 6. The quantitative estimate of drug-likeness (QED) is 0.862. The summed E-state index contributed by atoms with van der Waals surface area (Å²) < 4.78 is 5.40. The average Bonchev–Trinajstić information content (AvgIpc) is 2.85. The number of H-pyrrole nitrogens is 1. The number of aryl methyl sites for hydroxylation is 2. The Labute approximate surface area is 131 Å². The number of hydrogen-bond donors (Lipinski definition) is 2. The molecule has 0 aliphatic carbocycles. The van der Waals surface area contributed by atoms with E-state index >= 15 is 0 Å². The topological polar surface area (TPSA) is 67.0 Å². The second-order valence-corrected chi connectivity index (χ2v) is 5.36. The lowest BCUT2D eigenvalue weighted by atomic mass is 9.98. The molecule has 0 saturated heterocycles. The van der Waals surface area contributed by atoms with Gasteiger partial charge in [0.25, 0.3) is 0 Å². The molecule has 1 aromatic carbocycles. The van der Waals surface area contributed by atoms with E-state index in [0.717, 1.165) is 28.3 Å². The number of aromatic nitrogens is 2. The minimum absolute atomic E-state index is 0.00137. The first-order valence-electron chi connectivity index (χ1n) is 7.53. The fourth-order valence-corrected chi connectivity index (χ4v) is 2.54. The molecule has 0 saturated carbocycles. The highest BCUT2D eigenvalue weighted by molar-refractivity contribution is 5.83. The lowest BCUT2D eigenvalue weighted by Gasteiger charge is -2.13. The van der Waals surface area contributed by atoms with Gasteiger partial charge in [0.15, 0.2) is 0 Å². The molecular weight excluding hydrogens is 278 g/mol. The van der Waals surface area contributed by atoms with Crippen LogP contribution in [0.2, 0.25) is 0 Å². The molecule has 0 unspecified atom stereocenters. The van der Waals surface area contributed by atoms with Crippen LogP contribution in [-0.2, 0) is 11.3 Å². The van der Waals surface area contributed by atoms with Gasteiger partial charge in [0.2, 0.25) is 5.91 Å². The summed E-state index contributed by atoms with van der Waals surface area (Å²) in [7, 11) is 0. The molecule has 0 bridgehead atoms. The molecule has 0 fully saturated rings. The first-order valence-corrected chi connectivity index (χ1v) is 7.53. The fourth-order valence-electron chi connectivity index (χ4n) is 2.54. The van der Waals surface area contributed by atoms with E-state index in [1.807, 2.05) is 52.0 Å². The van der Waals surface area contributed by atoms with E-state index < -0.39 is 0 Å². The van der Waals surface area contributed by atoms with Gasteiger partial charge in [-0.15, -0.1) is 0 Å². The maximum absolute atomic E-state index is 12.3. The lowest BCUT2D eigenvalue weighted by Crippen LogP contribution is -2.28. The molecule has 5 heteroatoms. The van der Waals surface area contributed by atoms with Gasteiger partial charge in [0.1, 0.15) is 5.75 Å². The molecule has 118 valence electrons. The standard InChI is InChI=1S/C17H23N3O2/c1-5-22-15-8-6-14(7-9-15)10-18-17(21)11(2)16-12(3)19-20-13(16)4/h6-9,11H,5,10H2,1-4H3,(H,18,21)(H,19,20)/t11-/m0/s1. The molecule has 0 spiro atoms. The van der Waals surface area contributed by atoms with Crippen LogP contribution in [0.3, 0.4) is 0 Å². The van der Waals surface area contributed by atoms with E-state index in [9.17, 15) is 4.79 Å². The van der Waals surface area contributed by atoms with Gasteiger partial charge in [0.05, 0.1) is 18.2 Å². The molecule has 22 heavy (non-hydrogen) atoms. The highest BCUT2D eigenvalue weighted by Gasteiger charge is 2.20. The van der Waals surface area contributed by atoms with E-state index in [1.54, 1.807) is 0 Å². The Balaban J connectivity index is 1.95. The Kier molecular flexibility index (Phi) is 5.20. The first kappa shape index (κ1) is 16.1. The van der Waals surface area contributed by atoms with Crippen molar-refractivity contribution in [3.05, 3.63) is 46.8 Å². The normalized spacial score (nSPS) is 12.0. The van der Waals surface area contributed by atoms with Crippen molar-refractivity contribution in [3.63, 3.8) is 0 Å². The largest absolute Gasteiger partial charge is 0.494 e. The number of amides is 1. The molecule has 2 N–H and O–H groups in total. The molecule has 5 nitrogen and oxygen atoms in total. The van der Waals surface area contributed by atoms with Gasteiger partial charge in [-0.3, -0.25) is 9.89 Å². The zero-order valence-corrected chi connectivity index (χ0v) is 13.6. The van der Waals surface area contributed by atoms with Gasteiger partial charge in [-0.1, -0.05) is 12.1 Å². The van der Waals surface area contributed by atoms with E-state index in [2.05, 4.69) is 15.5 Å². The van der Waals surface area contributed by atoms with Crippen molar-refractivity contribution in [2.45, 2.75) is 40.2 Å². The minimum atomic E-state index is -0.221. The second kappa shape index (κ2) is 7.11. The molecule has 1 aromatic heterocycles. The van der Waals surface area contributed by atoms with Crippen LogP contribution in [0.1, 0.15) is 42.3 Å². The highest BCUT2D eigenvalue weighted by atomic mass is 16.5. The van der Waals surface area contributed by atoms with Crippen LogP contribution in [0.5, 0.6) is 5.75 Å². The van der Waals surface area contributed by atoms with E-state index in [4.69, 9.17) is 4.74 Å². The molecule has 0 aliphatic rings. The van der Waals surface area contributed by atoms with Gasteiger partial charge >= 0.3 is 0 Å². The van der Waals surface area contributed by atoms with Crippen molar-refractivity contribution in [1.29, 1.82) is 0 Å². The Hall–Kier alpha value is -2.30. The van der Waals surface area contributed by atoms with Crippen molar-refractivity contribution < 1.29 is 9.53 Å². The van der Waals surface area contributed by atoms with Crippen LogP contribution >= 0.6 is 0 Å². The molecular formula is C17H23N3O2. The lowest BCUT2D eigenvalue weighted by molar-refractivity contribution is -0.122. The Morgan fingerprint density at radius 2 is 2.00 bits per heavy atom. The fraction of sp³-hybridized carbons (Fsp3) is 0.412. The predicted octanol–water partition coefficient (Wildman–Crippen LogP) is 2.85. The third-order valence-electron chi connectivity index (χ3n) is 3.71. The molecule has 1 amide bonds. The average molecular weight is 301 g/mol. The number of carbonyl (C=O) groups is 1. The van der Waals surface area contributed by atoms with E-state index in [1.165, 1.54) is 0 Å². The van der Waals surface area contributed by atoms with Crippen molar-refractivity contribution in [2.24, 2.45) is 0 Å². The smallest absolute Gasteiger partial charge is 0.227 e. The molecule has 1 atom stereocenters. The summed E-state index contributed by atoms with van der Waals surface area (Å²) in [4.78, 5) is 12.3. The molecule has 2 aromatic rings. The van der Waals surface area contributed by atoms with Gasteiger partial charge in [0, 0.05) is 17.8 Å². The van der Waals surface area contributed by atoms with Crippen molar-refractivity contribution in [2.75, 3.05) is 6.61 Å². The number of nitrogens with zero attached hydrogens (tertiary/aromatic N) is 1. The number of aromatic amines is 1. The third-order valence-corrected chi connectivity index (χ3v) is 3.71. The predicted molar refractivity (Wildman–Crippen MR) is 85.9 cm³/mol. The van der Waals surface area contributed by atoms with Crippen molar-refractivity contribution in [3.8, 4) is 5.75 Å². The number of nitrogens with one attached hydrogen (secondary N) is 2. The van der Waals surface area contributed by atoms with E-state index in [0.29, 0.717) is 13.2 Å². The summed E-state index contributed by atoms with van der Waals surface area (Å²) in [5.74, 6) is 0.624. The first-order chi connectivity index (χ1) is 10.5. The Bertz CT molecular complexity index is 612. The number of benzene rings is 1. The van der Waals surface area contributed by atoms with Crippen LogP contribution in [0.15, 0.2) is 24.3 Å². The summed E-state index contributed by atoms with van der Waals surface area (Å²) in [5, 5.41) is 10.0. The molecule has 0 aliphatic heterocycles. The minimum Gasteiger partial charge on any atom is -0.494 e. The van der Waals surface area contributed by atoms with Crippen molar-refractivity contribution >= 4 is 5.91 Å². The summed E-state index contributed by atoms with van der Waals surface area (Å²) in [6.45, 7) is 8.86. The van der Waals surface area contributed by atoms with Crippen LogP contribution in [-0.4, -0.2) is 22.7 Å². The van der Waals surface area contributed by atoms with Gasteiger partial charge in [-0.05, 0) is 45.4 Å². The summed E-state index contributed by atoms with van der Waals surface area (Å²) in [6, 6.07) is 7.76. The highest BCUT2D eigenvalue weighted by Crippen LogP contribution is 2.21. The van der Waals surface area contributed by atoms with Gasteiger partial charge < -0.3 is 10.1 Å². The van der Waals surface area contributed by atoms with Crippen LogP contribution in [0.25, 0.3) is 0 Å². The monoisotopic (exact) mass is 301 g/mol. The summed E-state index contributed by atoms with van der Waals surface area (Å²) in [6.07, 6.45) is 0. The van der Waals surface area contributed by atoms with Crippen LogP contribution < -0.4 is 10.1 Å². The summed E-state index contributed by atoms with van der Waals surface area (Å²) >= 11 is 0. The SMILES string of the molecule is CCOc1ccc(CNC(=O)[C@@H](C)c2c(C)n[nH]c2C)cc1. The number of ether oxygens (including phenoxy) is 1. The van der Waals surface area contributed by atoms with Crippen LogP contribution in [0.4, 0.5) is 0 Å². The van der Waals surface area contributed by atoms with Gasteiger partial charge in [-0.2, -0.15) is 5.10 Å². The Morgan fingerprint density at radius 3 is 2.55 bits per heavy atom. The zero-order valence-electron chi connectivity index (χ0n) is 13.6. The second-order valence-electron chi connectivity index (χ2n) is 5.36. The maximum Gasteiger partial charge on any atom is 0.227 e. The molecule has 0 radical (unpaired) electrons. The zero-order chi connectivity index (χ0) is 16.1. The van der Waals surface area contributed by atoms with Crippen LogP contribution in [0, 0.1) is 13.8 Å². The third kappa shape index (κ3) is 3.67. The summed E-state index contributed by atoms with van der Waals surface area (Å²) in [5.41, 5.74) is 3.84. The maximum atomic E-state index is 12.3. The number of carbonyl (C=O) groups excluding carboxylic acids is 1. The van der Waals surface area contributed by atoms with Gasteiger partial charge in [-0.25, -0.2) is 0 Å². The Morgan fingerprint density at radius 1 is 1.32 bits per heavy atom. The van der Waals surface area contributed by atoms with E-state index in [-0.39, 0.29) is 11.8 Å². The van der Waals surface area contributed by atoms with Crippen molar-refractivity contribution in [1.82, 2.24) is 15.5 Å². The molecule has 2 rings (SSSR count). The number of hydrogen-bond acceptors (Lipinski definition) is 3.